The van der Waals surface area contributed by atoms with E-state index >= 15 is 0 Å². The van der Waals surface area contributed by atoms with Gasteiger partial charge in [-0.2, -0.15) is 5.01 Å². The molecule has 0 bridgehead atoms. The van der Waals surface area contributed by atoms with Crippen LogP contribution in [-0.4, -0.2) is 83.0 Å². The van der Waals surface area contributed by atoms with Crippen molar-refractivity contribution >= 4 is 17.8 Å². The van der Waals surface area contributed by atoms with Crippen LogP contribution in [0.25, 0.3) is 0 Å². The molecule has 1 saturated heterocycles. The molecule has 1 amide bonds. The minimum atomic E-state index is -1.53. The molecule has 1 aliphatic heterocycles. The number of carbonyl (C=O) groups is 3. The second-order valence-corrected chi connectivity index (χ2v) is 7.95. The predicted molar refractivity (Wildman–Crippen MR) is 109 cm³/mol. The Morgan fingerprint density at radius 1 is 1.20 bits per heavy atom. The average molecular weight is 419 g/mol. The van der Waals surface area contributed by atoms with Crippen molar-refractivity contribution in [2.24, 2.45) is 0 Å². The van der Waals surface area contributed by atoms with Gasteiger partial charge in [-0.1, -0.05) is 24.8 Å². The molecule has 0 aromatic heterocycles. The van der Waals surface area contributed by atoms with Gasteiger partial charge in [0.05, 0.1) is 18.7 Å². The first-order chi connectivity index (χ1) is 14.0. The standard InChI is InChI=1S/C21H29N3O6/c1-15-13-23(20(28)30-21(2,3)4)11-12-24(15)22(5)18(26)17(25)14-29-19(27)16-9-7-6-8-10-16/h6-10,18,26H,1,11-14H2,2-5H3. The fourth-order valence-corrected chi connectivity index (χ4v) is 2.83. The van der Waals surface area contributed by atoms with Crippen LogP contribution in [0.15, 0.2) is 42.6 Å². The number of hydrazine groups is 1. The maximum atomic E-state index is 12.3. The normalized spacial score (nSPS) is 15.7. The lowest BCUT2D eigenvalue weighted by Crippen LogP contribution is -2.57. The predicted octanol–water partition coefficient (Wildman–Crippen LogP) is 1.64. The number of nitrogens with zero attached hydrogens (tertiary/aromatic N) is 3. The van der Waals surface area contributed by atoms with Gasteiger partial charge in [-0.25, -0.2) is 9.59 Å². The van der Waals surface area contributed by atoms with Crippen LogP contribution < -0.4 is 0 Å². The van der Waals surface area contributed by atoms with Crippen molar-refractivity contribution in [2.45, 2.75) is 32.6 Å². The number of ketones is 1. The molecule has 9 nitrogen and oxygen atoms in total. The van der Waals surface area contributed by atoms with Crippen LogP contribution in [-0.2, 0) is 14.3 Å². The molecular formula is C21H29N3O6. The third-order valence-electron chi connectivity index (χ3n) is 4.35. The van der Waals surface area contributed by atoms with E-state index in [9.17, 15) is 19.5 Å². The molecule has 9 heteroatoms. The maximum Gasteiger partial charge on any atom is 0.410 e. The number of likely N-dealkylation sites (N-methyl/N-ethyl adjacent to an activating group) is 1. The van der Waals surface area contributed by atoms with Gasteiger partial charge in [0.1, 0.15) is 5.60 Å². The highest BCUT2D eigenvalue weighted by molar-refractivity contribution is 5.92. The quantitative estimate of drug-likeness (QED) is 0.549. The Bertz CT molecular complexity index is 790. The number of esters is 1. The van der Waals surface area contributed by atoms with E-state index in [1.807, 2.05) is 0 Å². The summed E-state index contributed by atoms with van der Waals surface area (Å²) in [5.74, 6) is -1.32. The number of Topliss-reactive ketones (excluding diaryl/α,β-unsaturated/α-hetero) is 1. The molecule has 1 fully saturated rings. The fraction of sp³-hybridized carbons (Fsp3) is 0.476. The lowest BCUT2D eigenvalue weighted by atomic mass is 10.2. The van der Waals surface area contributed by atoms with E-state index in [-0.39, 0.29) is 6.54 Å². The second kappa shape index (κ2) is 9.73. The summed E-state index contributed by atoms with van der Waals surface area (Å²) in [6.07, 6.45) is -1.98. The van der Waals surface area contributed by atoms with E-state index < -0.39 is 36.3 Å². The summed E-state index contributed by atoms with van der Waals surface area (Å²) in [6, 6.07) is 8.27. The van der Waals surface area contributed by atoms with Crippen molar-refractivity contribution < 1.29 is 29.0 Å². The van der Waals surface area contributed by atoms with E-state index in [0.717, 1.165) is 0 Å². The number of aliphatic hydroxyl groups is 1. The van der Waals surface area contributed by atoms with Crippen LogP contribution >= 0.6 is 0 Å². The highest BCUT2D eigenvalue weighted by Gasteiger charge is 2.32. The molecule has 30 heavy (non-hydrogen) atoms. The number of aliphatic hydroxyl groups excluding tert-OH is 1. The van der Waals surface area contributed by atoms with Gasteiger partial charge >= 0.3 is 12.1 Å². The minimum absolute atomic E-state index is 0.198. The molecule has 1 heterocycles. The van der Waals surface area contributed by atoms with Crippen molar-refractivity contribution in [1.29, 1.82) is 0 Å². The highest BCUT2D eigenvalue weighted by Crippen LogP contribution is 2.18. The molecule has 1 aliphatic rings. The number of benzene rings is 1. The first-order valence-electron chi connectivity index (χ1n) is 9.58. The molecule has 1 N–H and O–H groups in total. The Kier molecular flexibility index (Phi) is 7.58. The van der Waals surface area contributed by atoms with E-state index in [1.54, 1.807) is 56.1 Å². The number of piperazine rings is 1. The summed E-state index contributed by atoms with van der Waals surface area (Å²) >= 11 is 0. The van der Waals surface area contributed by atoms with E-state index in [0.29, 0.717) is 24.4 Å². The number of amides is 1. The van der Waals surface area contributed by atoms with Gasteiger partial charge in [-0.05, 0) is 32.9 Å². The number of rotatable bonds is 6. The number of hydrogen-bond acceptors (Lipinski definition) is 8. The molecule has 1 atom stereocenters. The summed E-state index contributed by atoms with van der Waals surface area (Å²) in [4.78, 5) is 38.0. The Morgan fingerprint density at radius 3 is 2.40 bits per heavy atom. The lowest BCUT2D eigenvalue weighted by Gasteiger charge is -2.43. The van der Waals surface area contributed by atoms with E-state index in [4.69, 9.17) is 9.47 Å². The first-order valence-corrected chi connectivity index (χ1v) is 9.58. The molecular weight excluding hydrogens is 390 g/mol. The SMILES string of the molecule is C=C1CN(C(=O)OC(C)(C)C)CCN1N(C)C(O)C(=O)COC(=O)c1ccccc1. The van der Waals surface area contributed by atoms with Crippen molar-refractivity contribution in [1.82, 2.24) is 14.9 Å². The Hall–Kier alpha value is -2.91. The smallest absolute Gasteiger partial charge is 0.410 e. The maximum absolute atomic E-state index is 12.3. The van der Waals surface area contributed by atoms with Crippen LogP contribution in [0, 0.1) is 0 Å². The van der Waals surface area contributed by atoms with Crippen LogP contribution in [0.1, 0.15) is 31.1 Å². The minimum Gasteiger partial charge on any atom is -0.454 e. The lowest BCUT2D eigenvalue weighted by molar-refractivity contribution is -0.158. The number of hydrogen-bond donors (Lipinski definition) is 1. The highest BCUT2D eigenvalue weighted by atomic mass is 16.6. The molecule has 1 unspecified atom stereocenters. The van der Waals surface area contributed by atoms with Gasteiger partial charge in [0.25, 0.3) is 0 Å². The molecule has 164 valence electrons. The zero-order valence-corrected chi connectivity index (χ0v) is 17.8. The summed E-state index contributed by atoms with van der Waals surface area (Å²) in [7, 11) is 1.52. The molecule has 2 rings (SSSR count). The zero-order valence-electron chi connectivity index (χ0n) is 17.8. The van der Waals surface area contributed by atoms with Gasteiger partial charge in [0.15, 0.2) is 12.8 Å². The molecule has 1 aromatic rings. The van der Waals surface area contributed by atoms with Crippen LogP contribution in [0.5, 0.6) is 0 Å². The van der Waals surface area contributed by atoms with Crippen molar-refractivity contribution in [2.75, 3.05) is 33.3 Å². The van der Waals surface area contributed by atoms with Gasteiger partial charge < -0.3 is 24.5 Å². The second-order valence-electron chi connectivity index (χ2n) is 7.95. The summed E-state index contributed by atoms with van der Waals surface area (Å²) in [5, 5.41) is 13.3. The van der Waals surface area contributed by atoms with Crippen molar-refractivity contribution in [3.05, 3.63) is 48.2 Å². The van der Waals surface area contributed by atoms with Crippen molar-refractivity contribution in [3.63, 3.8) is 0 Å². The Labute approximate surface area is 176 Å². The summed E-state index contributed by atoms with van der Waals surface area (Å²) < 4.78 is 10.3. The van der Waals surface area contributed by atoms with Crippen LogP contribution in [0.4, 0.5) is 4.79 Å². The molecule has 1 aromatic carbocycles. The van der Waals surface area contributed by atoms with Crippen LogP contribution in [0.2, 0.25) is 0 Å². The topological polar surface area (TPSA) is 99.6 Å². The monoisotopic (exact) mass is 419 g/mol. The Balaban J connectivity index is 1.87. The summed E-state index contributed by atoms with van der Waals surface area (Å²) in [5.41, 5.74) is 0.231. The zero-order chi connectivity index (χ0) is 22.5. The molecule has 0 spiro atoms. The summed E-state index contributed by atoms with van der Waals surface area (Å²) in [6.45, 7) is 9.58. The fourth-order valence-electron chi connectivity index (χ4n) is 2.83. The third kappa shape index (κ3) is 6.30. The largest absolute Gasteiger partial charge is 0.454 e. The molecule has 0 saturated carbocycles. The number of ether oxygens (including phenoxy) is 2. The first kappa shape index (κ1) is 23.4. The van der Waals surface area contributed by atoms with Gasteiger partial charge in [-0.3, -0.25) is 4.79 Å². The van der Waals surface area contributed by atoms with Gasteiger partial charge in [0.2, 0.25) is 5.78 Å². The third-order valence-corrected chi connectivity index (χ3v) is 4.35. The van der Waals surface area contributed by atoms with Gasteiger partial charge in [-0.15, -0.1) is 0 Å². The molecule has 0 aliphatic carbocycles. The van der Waals surface area contributed by atoms with Crippen LogP contribution in [0.3, 0.4) is 0 Å². The van der Waals surface area contributed by atoms with E-state index in [1.165, 1.54) is 17.0 Å². The molecule has 0 radical (unpaired) electrons. The Morgan fingerprint density at radius 2 is 1.83 bits per heavy atom. The van der Waals surface area contributed by atoms with E-state index in [2.05, 4.69) is 6.58 Å². The van der Waals surface area contributed by atoms with Gasteiger partial charge in [0, 0.05) is 19.3 Å². The van der Waals surface area contributed by atoms with Crippen molar-refractivity contribution in [3.8, 4) is 0 Å². The number of carbonyl (C=O) groups excluding carboxylic acids is 3. The average Bonchev–Trinajstić information content (AvgIpc) is 2.70.